The maximum atomic E-state index is 11.8. The topological polar surface area (TPSA) is 61.4 Å². The van der Waals surface area contributed by atoms with Gasteiger partial charge in [0.25, 0.3) is 0 Å². The van der Waals surface area contributed by atoms with E-state index in [1.165, 1.54) is 0 Å². The molecule has 0 radical (unpaired) electrons. The van der Waals surface area contributed by atoms with Crippen molar-refractivity contribution in [3.05, 3.63) is 35.9 Å². The van der Waals surface area contributed by atoms with Crippen LogP contribution >= 0.6 is 0 Å². The summed E-state index contributed by atoms with van der Waals surface area (Å²) in [5.74, 6) is -0.291. The van der Waals surface area contributed by atoms with Crippen molar-refractivity contribution in [3.63, 3.8) is 0 Å². The summed E-state index contributed by atoms with van der Waals surface area (Å²) in [5, 5.41) is 4.86. The highest BCUT2D eigenvalue weighted by Crippen LogP contribution is 2.07. The number of benzene rings is 1. The second-order valence-corrected chi connectivity index (χ2v) is 4.89. The van der Waals surface area contributed by atoms with Crippen LogP contribution in [0.4, 0.5) is 4.79 Å². The van der Waals surface area contributed by atoms with Gasteiger partial charge in [-0.25, -0.2) is 4.79 Å². The number of rotatable bonds is 6. The molecular weight excluding hydrogens is 254 g/mol. The Bertz CT molecular complexity index is 432. The summed E-state index contributed by atoms with van der Waals surface area (Å²) in [6.07, 6.45) is 0. The smallest absolute Gasteiger partial charge is 0.321 e. The Balaban J connectivity index is 2.55. The minimum atomic E-state index is -0.444. The third-order valence-corrected chi connectivity index (χ3v) is 2.90. The minimum Gasteiger partial charge on any atom is -0.338 e. The number of nitrogens with zero attached hydrogens (tertiary/aromatic N) is 1. The van der Waals surface area contributed by atoms with Crippen molar-refractivity contribution in [1.29, 1.82) is 0 Å². The highest BCUT2D eigenvalue weighted by Gasteiger charge is 2.15. The molecule has 0 saturated carbocycles. The predicted molar refractivity (Wildman–Crippen MR) is 79.2 cm³/mol. The second-order valence-electron chi connectivity index (χ2n) is 4.89. The average molecular weight is 277 g/mol. The highest BCUT2D eigenvalue weighted by atomic mass is 16.2. The zero-order valence-corrected chi connectivity index (χ0v) is 12.3. The van der Waals surface area contributed by atoms with Crippen LogP contribution in [0.2, 0.25) is 0 Å². The number of carbonyl (C=O) groups excluding carboxylic acids is 2. The van der Waals surface area contributed by atoms with E-state index in [1.807, 2.05) is 49.1 Å². The van der Waals surface area contributed by atoms with E-state index < -0.39 is 6.03 Å². The predicted octanol–water partition coefficient (Wildman–Crippen LogP) is 1.74. The fraction of sp³-hybridized carbons (Fsp3) is 0.467. The van der Waals surface area contributed by atoms with Crippen LogP contribution in [-0.2, 0) is 11.3 Å². The van der Waals surface area contributed by atoms with E-state index in [0.717, 1.165) is 5.56 Å². The number of hydrogen-bond acceptors (Lipinski definition) is 3. The zero-order valence-electron chi connectivity index (χ0n) is 12.3. The largest absolute Gasteiger partial charge is 0.338 e. The van der Waals surface area contributed by atoms with Crippen molar-refractivity contribution >= 4 is 11.9 Å². The molecule has 1 rings (SSSR count). The molecule has 1 aromatic carbocycles. The molecule has 0 aliphatic rings. The lowest BCUT2D eigenvalue weighted by atomic mass is 10.2. The molecule has 110 valence electrons. The summed E-state index contributed by atoms with van der Waals surface area (Å²) >= 11 is 0. The molecule has 0 atom stereocenters. The lowest BCUT2D eigenvalue weighted by molar-refractivity contribution is -0.121. The molecular formula is C15H23N3O2. The van der Waals surface area contributed by atoms with Crippen LogP contribution in [0.3, 0.4) is 0 Å². The number of imide groups is 1. The fourth-order valence-electron chi connectivity index (χ4n) is 1.79. The van der Waals surface area contributed by atoms with Gasteiger partial charge in [-0.3, -0.25) is 15.0 Å². The van der Waals surface area contributed by atoms with E-state index in [-0.39, 0.29) is 18.5 Å². The quantitative estimate of drug-likeness (QED) is 0.832. The number of urea groups is 1. The summed E-state index contributed by atoms with van der Waals surface area (Å²) in [7, 11) is 0. The van der Waals surface area contributed by atoms with Crippen LogP contribution in [-0.4, -0.2) is 36.0 Å². The standard InChI is InChI=1S/C15H23N3O2/c1-4-16-15(20)17-14(19)11-18(12(2)3)10-13-8-6-5-7-9-13/h5-9,12H,4,10-11H2,1-3H3,(H2,16,17,19,20). The highest BCUT2D eigenvalue weighted by molar-refractivity contribution is 5.95. The maximum Gasteiger partial charge on any atom is 0.321 e. The van der Waals surface area contributed by atoms with Crippen molar-refractivity contribution in [3.8, 4) is 0 Å². The van der Waals surface area contributed by atoms with E-state index in [2.05, 4.69) is 10.6 Å². The normalized spacial score (nSPS) is 10.7. The number of hydrogen-bond donors (Lipinski definition) is 2. The number of nitrogens with one attached hydrogen (secondary N) is 2. The lowest BCUT2D eigenvalue weighted by Crippen LogP contribution is -2.45. The van der Waals surface area contributed by atoms with Crippen LogP contribution in [0, 0.1) is 0 Å². The molecule has 0 heterocycles. The van der Waals surface area contributed by atoms with Crippen molar-refractivity contribution in [2.45, 2.75) is 33.4 Å². The number of amides is 3. The first-order valence-electron chi connectivity index (χ1n) is 6.88. The zero-order chi connectivity index (χ0) is 15.0. The molecule has 5 nitrogen and oxygen atoms in total. The first-order valence-corrected chi connectivity index (χ1v) is 6.88. The minimum absolute atomic E-state index is 0.198. The molecule has 0 unspecified atom stereocenters. The first-order chi connectivity index (χ1) is 9.52. The molecule has 0 saturated heterocycles. The summed E-state index contributed by atoms with van der Waals surface area (Å²) in [6, 6.07) is 9.74. The maximum absolute atomic E-state index is 11.8. The molecule has 5 heteroatoms. The van der Waals surface area contributed by atoms with Crippen molar-refractivity contribution < 1.29 is 9.59 Å². The first kappa shape index (κ1) is 16.2. The molecule has 1 aromatic rings. The third kappa shape index (κ3) is 5.84. The van der Waals surface area contributed by atoms with Gasteiger partial charge < -0.3 is 5.32 Å². The van der Waals surface area contributed by atoms with E-state index in [4.69, 9.17) is 0 Å². The van der Waals surface area contributed by atoms with E-state index >= 15 is 0 Å². The Morgan fingerprint density at radius 1 is 1.20 bits per heavy atom. The monoisotopic (exact) mass is 277 g/mol. The van der Waals surface area contributed by atoms with Crippen LogP contribution in [0.25, 0.3) is 0 Å². The van der Waals surface area contributed by atoms with E-state index in [9.17, 15) is 9.59 Å². The van der Waals surface area contributed by atoms with Gasteiger partial charge in [0.05, 0.1) is 6.54 Å². The molecule has 20 heavy (non-hydrogen) atoms. The van der Waals surface area contributed by atoms with E-state index in [0.29, 0.717) is 13.1 Å². The van der Waals surface area contributed by atoms with Crippen LogP contribution in [0.15, 0.2) is 30.3 Å². The Morgan fingerprint density at radius 3 is 2.40 bits per heavy atom. The Kier molecular flexibility index (Phi) is 6.73. The van der Waals surface area contributed by atoms with Crippen molar-refractivity contribution in [2.24, 2.45) is 0 Å². The van der Waals surface area contributed by atoms with Gasteiger partial charge in [0.15, 0.2) is 0 Å². The third-order valence-electron chi connectivity index (χ3n) is 2.90. The van der Waals surface area contributed by atoms with Crippen molar-refractivity contribution in [1.82, 2.24) is 15.5 Å². The summed E-state index contributed by atoms with van der Waals surface area (Å²) in [4.78, 5) is 25.1. The van der Waals surface area contributed by atoms with Crippen LogP contribution in [0.5, 0.6) is 0 Å². The average Bonchev–Trinajstić information content (AvgIpc) is 2.39. The molecule has 0 aliphatic carbocycles. The van der Waals surface area contributed by atoms with Crippen LogP contribution < -0.4 is 10.6 Å². The Hall–Kier alpha value is -1.88. The Morgan fingerprint density at radius 2 is 1.85 bits per heavy atom. The lowest BCUT2D eigenvalue weighted by Gasteiger charge is -2.25. The Labute approximate surface area is 120 Å². The fourth-order valence-corrected chi connectivity index (χ4v) is 1.79. The molecule has 0 aliphatic heterocycles. The summed E-state index contributed by atoms with van der Waals surface area (Å²) in [6.45, 7) is 7.24. The van der Waals surface area contributed by atoms with Gasteiger partial charge in [-0.15, -0.1) is 0 Å². The molecule has 0 fully saturated rings. The van der Waals surface area contributed by atoms with E-state index in [1.54, 1.807) is 6.92 Å². The van der Waals surface area contributed by atoms with Gasteiger partial charge in [-0.2, -0.15) is 0 Å². The molecule has 0 spiro atoms. The van der Waals surface area contributed by atoms with Gasteiger partial charge >= 0.3 is 6.03 Å². The van der Waals surface area contributed by atoms with Gasteiger partial charge in [-0.1, -0.05) is 30.3 Å². The molecule has 0 aromatic heterocycles. The van der Waals surface area contributed by atoms with Gasteiger partial charge in [0, 0.05) is 19.1 Å². The van der Waals surface area contributed by atoms with Gasteiger partial charge in [0.1, 0.15) is 0 Å². The second kappa shape index (κ2) is 8.32. The number of carbonyl (C=O) groups is 2. The van der Waals surface area contributed by atoms with Crippen molar-refractivity contribution in [2.75, 3.05) is 13.1 Å². The molecule has 3 amide bonds. The van der Waals surface area contributed by atoms with Gasteiger partial charge in [0.2, 0.25) is 5.91 Å². The molecule has 0 bridgehead atoms. The van der Waals surface area contributed by atoms with Crippen LogP contribution in [0.1, 0.15) is 26.3 Å². The SMILES string of the molecule is CCNC(=O)NC(=O)CN(Cc1ccccc1)C(C)C. The summed E-state index contributed by atoms with van der Waals surface area (Å²) < 4.78 is 0. The van der Waals surface area contributed by atoms with Gasteiger partial charge in [-0.05, 0) is 26.3 Å². The summed E-state index contributed by atoms with van der Waals surface area (Å²) in [5.41, 5.74) is 1.15. The molecule has 2 N–H and O–H groups in total.